The van der Waals surface area contributed by atoms with Gasteiger partial charge in [-0.05, 0) is 85.1 Å². The summed E-state index contributed by atoms with van der Waals surface area (Å²) in [4.78, 5) is 0. The van der Waals surface area contributed by atoms with E-state index in [0.717, 1.165) is 49.7 Å². The van der Waals surface area contributed by atoms with Crippen molar-refractivity contribution in [1.29, 1.82) is 0 Å². The van der Waals surface area contributed by atoms with Crippen LogP contribution in [0, 0.1) is 17.5 Å². The molecule has 27 heavy (non-hydrogen) atoms. The smallest absolute Gasteiger partial charge is 0.162 e. The number of unbranched alkanes of at least 4 members (excludes halogenated alkanes) is 1. The van der Waals surface area contributed by atoms with Gasteiger partial charge in [-0.25, -0.2) is 13.2 Å². The number of rotatable bonds is 6. The minimum atomic E-state index is -0.666. The number of hydrogen-bond donors (Lipinski definition) is 0. The van der Waals surface area contributed by atoms with Crippen molar-refractivity contribution < 1.29 is 13.2 Å². The fraction of sp³-hybridized carbons (Fsp3) is 0.500. The molecule has 1 saturated carbocycles. The highest BCUT2D eigenvalue weighted by Gasteiger charge is 2.27. The van der Waals surface area contributed by atoms with Crippen LogP contribution < -0.4 is 0 Å². The first-order valence-corrected chi connectivity index (χ1v) is 10.3. The van der Waals surface area contributed by atoms with Gasteiger partial charge >= 0.3 is 0 Å². The molecule has 3 rings (SSSR count). The second-order valence-corrected chi connectivity index (χ2v) is 7.80. The largest absolute Gasteiger partial charge is 0.207 e. The van der Waals surface area contributed by atoms with Gasteiger partial charge in [0.25, 0.3) is 0 Å². The van der Waals surface area contributed by atoms with Crippen molar-refractivity contribution in [2.24, 2.45) is 0 Å². The molecule has 0 bridgehead atoms. The lowest BCUT2D eigenvalue weighted by molar-refractivity contribution is 0.380. The van der Waals surface area contributed by atoms with Crippen molar-refractivity contribution in [1.82, 2.24) is 0 Å². The summed E-state index contributed by atoms with van der Waals surface area (Å²) in [5, 5.41) is 0. The fourth-order valence-electron chi connectivity index (χ4n) is 4.32. The van der Waals surface area contributed by atoms with Crippen molar-refractivity contribution >= 4 is 0 Å². The van der Waals surface area contributed by atoms with Crippen LogP contribution in [0.5, 0.6) is 0 Å². The molecule has 3 heteroatoms. The van der Waals surface area contributed by atoms with Gasteiger partial charge in [0, 0.05) is 0 Å². The molecule has 2 aromatic rings. The molecular weight excluding hydrogens is 345 g/mol. The van der Waals surface area contributed by atoms with Crippen LogP contribution in [-0.2, 0) is 12.8 Å². The fourth-order valence-corrected chi connectivity index (χ4v) is 4.32. The molecule has 0 spiro atoms. The Hall–Kier alpha value is -1.77. The van der Waals surface area contributed by atoms with Crippen LogP contribution in [-0.4, -0.2) is 0 Å². The third-order valence-electron chi connectivity index (χ3n) is 6.09. The monoisotopic (exact) mass is 374 g/mol. The molecule has 0 saturated heterocycles. The Morgan fingerprint density at radius 3 is 2.11 bits per heavy atom. The minimum Gasteiger partial charge on any atom is -0.207 e. The van der Waals surface area contributed by atoms with Crippen molar-refractivity contribution in [3.05, 3.63) is 70.0 Å². The maximum Gasteiger partial charge on any atom is 0.162 e. The molecule has 0 heterocycles. The van der Waals surface area contributed by atoms with E-state index in [1.807, 2.05) is 26.0 Å². The van der Waals surface area contributed by atoms with Crippen molar-refractivity contribution in [2.45, 2.75) is 77.0 Å². The van der Waals surface area contributed by atoms with Crippen molar-refractivity contribution in [3.63, 3.8) is 0 Å². The van der Waals surface area contributed by atoms with Crippen LogP contribution in [0.15, 0.2) is 30.3 Å². The topological polar surface area (TPSA) is 0 Å². The zero-order valence-corrected chi connectivity index (χ0v) is 16.3. The zero-order valence-electron chi connectivity index (χ0n) is 16.3. The molecular formula is C24H29F3. The number of benzene rings is 2. The Morgan fingerprint density at radius 2 is 1.48 bits per heavy atom. The molecule has 0 atom stereocenters. The molecule has 1 fully saturated rings. The summed E-state index contributed by atoms with van der Waals surface area (Å²) in [5.41, 5.74) is 2.77. The van der Waals surface area contributed by atoms with Crippen LogP contribution in [0.25, 0.3) is 0 Å². The summed E-state index contributed by atoms with van der Waals surface area (Å²) in [7, 11) is 0. The Kier molecular flexibility index (Phi) is 6.62. The van der Waals surface area contributed by atoms with Gasteiger partial charge in [-0.2, -0.15) is 0 Å². The molecule has 1 aliphatic carbocycles. The van der Waals surface area contributed by atoms with Gasteiger partial charge in [0.05, 0.1) is 0 Å². The van der Waals surface area contributed by atoms with E-state index in [-0.39, 0.29) is 11.7 Å². The van der Waals surface area contributed by atoms with Gasteiger partial charge in [0.1, 0.15) is 5.82 Å². The van der Waals surface area contributed by atoms with E-state index >= 15 is 0 Å². The molecule has 0 aliphatic heterocycles. The minimum absolute atomic E-state index is 0.0516. The molecule has 1 aliphatic rings. The summed E-state index contributed by atoms with van der Waals surface area (Å²) in [6.45, 7) is 3.99. The SMILES string of the molecule is CCCCc1ccc(C2CCC(c3ccc(CC)c(F)c3)CC2)c(F)c1F. The van der Waals surface area contributed by atoms with E-state index in [2.05, 4.69) is 0 Å². The summed E-state index contributed by atoms with van der Waals surface area (Å²) >= 11 is 0. The number of hydrogen-bond acceptors (Lipinski definition) is 0. The first-order chi connectivity index (χ1) is 13.0. The molecule has 0 radical (unpaired) electrons. The molecule has 0 nitrogen and oxygen atoms in total. The highest BCUT2D eigenvalue weighted by Crippen LogP contribution is 2.42. The highest BCUT2D eigenvalue weighted by molar-refractivity contribution is 5.31. The van der Waals surface area contributed by atoms with Gasteiger partial charge in [0.15, 0.2) is 11.6 Å². The van der Waals surface area contributed by atoms with E-state index in [0.29, 0.717) is 29.9 Å². The third kappa shape index (κ3) is 4.39. The first-order valence-electron chi connectivity index (χ1n) is 10.3. The number of aryl methyl sites for hydroxylation is 2. The lowest BCUT2D eigenvalue weighted by Crippen LogP contribution is -2.14. The zero-order chi connectivity index (χ0) is 19.4. The Balaban J connectivity index is 1.68. The molecule has 0 aromatic heterocycles. The summed E-state index contributed by atoms with van der Waals surface area (Å²) < 4.78 is 43.1. The molecule has 0 amide bonds. The van der Waals surface area contributed by atoms with E-state index in [4.69, 9.17) is 0 Å². The lowest BCUT2D eigenvalue weighted by atomic mass is 9.75. The number of halogens is 3. The van der Waals surface area contributed by atoms with Crippen LogP contribution in [0.2, 0.25) is 0 Å². The normalized spacial score (nSPS) is 20.0. The van der Waals surface area contributed by atoms with Crippen LogP contribution >= 0.6 is 0 Å². The molecule has 2 aromatic carbocycles. The summed E-state index contributed by atoms with van der Waals surface area (Å²) in [5.74, 6) is -1.10. The van der Waals surface area contributed by atoms with Crippen LogP contribution in [0.1, 0.15) is 86.5 Å². The predicted molar refractivity (Wildman–Crippen MR) is 105 cm³/mol. The van der Waals surface area contributed by atoms with E-state index in [1.165, 1.54) is 0 Å². The Bertz CT molecular complexity index is 773. The Morgan fingerprint density at radius 1 is 0.815 bits per heavy atom. The lowest BCUT2D eigenvalue weighted by Gasteiger charge is -2.29. The average Bonchev–Trinajstić information content (AvgIpc) is 2.69. The summed E-state index contributed by atoms with van der Waals surface area (Å²) in [6, 6.07) is 9.10. The maximum absolute atomic E-state index is 14.6. The van der Waals surface area contributed by atoms with Gasteiger partial charge < -0.3 is 0 Å². The second kappa shape index (κ2) is 8.95. The van der Waals surface area contributed by atoms with Gasteiger partial charge in [-0.3, -0.25) is 0 Å². The first kappa shape index (κ1) is 20.0. The molecule has 146 valence electrons. The molecule has 0 unspecified atom stereocenters. The van der Waals surface area contributed by atoms with E-state index in [9.17, 15) is 13.2 Å². The van der Waals surface area contributed by atoms with E-state index in [1.54, 1.807) is 18.2 Å². The van der Waals surface area contributed by atoms with Gasteiger partial charge in [-0.1, -0.05) is 44.5 Å². The van der Waals surface area contributed by atoms with E-state index < -0.39 is 11.6 Å². The third-order valence-corrected chi connectivity index (χ3v) is 6.09. The van der Waals surface area contributed by atoms with Crippen molar-refractivity contribution in [3.8, 4) is 0 Å². The van der Waals surface area contributed by atoms with Crippen LogP contribution in [0.4, 0.5) is 13.2 Å². The van der Waals surface area contributed by atoms with Crippen molar-refractivity contribution in [2.75, 3.05) is 0 Å². The second-order valence-electron chi connectivity index (χ2n) is 7.80. The predicted octanol–water partition coefficient (Wildman–Crippen LogP) is 7.45. The summed E-state index contributed by atoms with van der Waals surface area (Å²) in [6.07, 6.45) is 6.51. The standard InChI is InChI=1S/C24H29F3/c1-3-5-6-19-13-14-21(24(27)23(19)26)18-10-8-17(9-11-18)20-12-7-16(4-2)22(25)15-20/h7,12-15,17-18H,3-6,8-11H2,1-2H3. The maximum atomic E-state index is 14.6. The highest BCUT2D eigenvalue weighted by atomic mass is 19.2. The van der Waals surface area contributed by atoms with Gasteiger partial charge in [-0.15, -0.1) is 0 Å². The average molecular weight is 374 g/mol. The van der Waals surface area contributed by atoms with Gasteiger partial charge in [0.2, 0.25) is 0 Å². The quantitative estimate of drug-likeness (QED) is 0.492. The van der Waals surface area contributed by atoms with Crippen LogP contribution in [0.3, 0.4) is 0 Å². The molecule has 0 N–H and O–H groups in total. The Labute approximate surface area is 160 Å².